The summed E-state index contributed by atoms with van der Waals surface area (Å²) in [6.45, 7) is 3.68. The van der Waals surface area contributed by atoms with E-state index in [0.717, 1.165) is 43.3 Å². The van der Waals surface area contributed by atoms with E-state index in [9.17, 15) is 0 Å². The third-order valence-electron chi connectivity index (χ3n) is 3.87. The molecule has 116 valence electrons. The second kappa shape index (κ2) is 6.18. The average molecular weight is 307 g/mol. The van der Waals surface area contributed by atoms with Gasteiger partial charge in [0.15, 0.2) is 11.6 Å². The van der Waals surface area contributed by atoms with Gasteiger partial charge in [0.25, 0.3) is 0 Å². The molecule has 1 aliphatic heterocycles. The molecule has 0 saturated carbocycles. The van der Waals surface area contributed by atoms with Crippen molar-refractivity contribution in [1.29, 1.82) is 0 Å². The van der Waals surface area contributed by atoms with Crippen molar-refractivity contribution in [2.75, 3.05) is 31.1 Å². The summed E-state index contributed by atoms with van der Waals surface area (Å²) in [7, 11) is 0. The van der Waals surface area contributed by atoms with Crippen molar-refractivity contribution < 1.29 is 4.42 Å². The van der Waals surface area contributed by atoms with Crippen LogP contribution < -0.4 is 10.2 Å². The molecular weight excluding hydrogens is 290 g/mol. The highest BCUT2D eigenvalue weighted by atomic mass is 16.3. The summed E-state index contributed by atoms with van der Waals surface area (Å²) in [6, 6.07) is 13.7. The number of nitrogens with one attached hydrogen (secondary N) is 1. The fraction of sp³-hybridized carbons (Fsp3) is 0.235. The maximum Gasteiger partial charge on any atom is 0.219 e. The predicted molar refractivity (Wildman–Crippen MR) is 88.0 cm³/mol. The molecule has 0 amide bonds. The highest BCUT2D eigenvalue weighted by Crippen LogP contribution is 2.28. The number of benzene rings is 1. The summed E-state index contributed by atoms with van der Waals surface area (Å²) in [5, 5.41) is 12.1. The Kier molecular flexibility index (Phi) is 3.73. The second-order valence-corrected chi connectivity index (χ2v) is 5.39. The Morgan fingerprint density at radius 3 is 2.52 bits per heavy atom. The lowest BCUT2D eigenvalue weighted by Crippen LogP contribution is -2.44. The molecule has 0 spiro atoms. The molecule has 4 rings (SSSR count). The number of hydrogen-bond donors (Lipinski definition) is 1. The van der Waals surface area contributed by atoms with E-state index in [1.807, 2.05) is 42.5 Å². The number of furan rings is 1. The van der Waals surface area contributed by atoms with Crippen LogP contribution in [-0.2, 0) is 0 Å². The molecule has 0 bridgehead atoms. The summed E-state index contributed by atoms with van der Waals surface area (Å²) in [4.78, 5) is 7.00. The van der Waals surface area contributed by atoms with Gasteiger partial charge in [-0.3, -0.25) is 0 Å². The van der Waals surface area contributed by atoms with Crippen LogP contribution in [0, 0.1) is 0 Å². The number of rotatable bonds is 3. The molecule has 3 aromatic rings. The summed E-state index contributed by atoms with van der Waals surface area (Å²) in [6.07, 6.45) is 1.62. The van der Waals surface area contributed by atoms with Gasteiger partial charge in [0.1, 0.15) is 5.69 Å². The van der Waals surface area contributed by atoms with E-state index in [2.05, 4.69) is 20.4 Å². The lowest BCUT2D eigenvalue weighted by Gasteiger charge is -2.29. The highest BCUT2D eigenvalue weighted by Gasteiger charge is 2.20. The molecule has 23 heavy (non-hydrogen) atoms. The van der Waals surface area contributed by atoms with Gasteiger partial charge in [0, 0.05) is 31.7 Å². The molecule has 6 nitrogen and oxygen atoms in total. The Morgan fingerprint density at radius 2 is 1.78 bits per heavy atom. The molecule has 0 aliphatic carbocycles. The minimum Gasteiger partial charge on any atom is -0.461 e. The predicted octanol–water partition coefficient (Wildman–Crippen LogP) is 2.21. The normalized spacial score (nSPS) is 14.9. The molecule has 2 aromatic heterocycles. The molecule has 0 unspecified atom stereocenters. The van der Waals surface area contributed by atoms with E-state index in [-0.39, 0.29) is 0 Å². The maximum absolute atomic E-state index is 5.41. The topological polar surface area (TPSA) is 67.1 Å². The first-order valence-electron chi connectivity index (χ1n) is 7.71. The smallest absolute Gasteiger partial charge is 0.219 e. The Morgan fingerprint density at radius 1 is 0.957 bits per heavy atom. The zero-order chi connectivity index (χ0) is 15.5. The van der Waals surface area contributed by atoms with E-state index in [1.165, 1.54) is 0 Å². The Bertz CT molecular complexity index is 767. The van der Waals surface area contributed by atoms with Crippen LogP contribution in [0.1, 0.15) is 0 Å². The standard InChI is InChI=1S/C17H17N5O/c1-2-5-13(6-3-1)15-17(22-10-8-18-9-11-22)19-16(21-20-15)14-7-4-12-23-14/h1-7,12,18H,8-11H2. The van der Waals surface area contributed by atoms with Gasteiger partial charge in [0.2, 0.25) is 5.82 Å². The van der Waals surface area contributed by atoms with Crippen molar-refractivity contribution in [1.82, 2.24) is 20.5 Å². The Labute approximate surface area is 134 Å². The van der Waals surface area contributed by atoms with Crippen LogP contribution in [0.25, 0.3) is 22.8 Å². The lowest BCUT2D eigenvalue weighted by atomic mass is 10.1. The molecule has 1 fully saturated rings. The maximum atomic E-state index is 5.41. The van der Waals surface area contributed by atoms with Crippen LogP contribution in [0.2, 0.25) is 0 Å². The van der Waals surface area contributed by atoms with Gasteiger partial charge in [-0.15, -0.1) is 10.2 Å². The number of piperazine rings is 1. The van der Waals surface area contributed by atoms with E-state index in [4.69, 9.17) is 9.40 Å². The highest BCUT2D eigenvalue weighted by molar-refractivity contribution is 5.73. The number of anilines is 1. The summed E-state index contributed by atoms with van der Waals surface area (Å²) in [5.74, 6) is 2.01. The van der Waals surface area contributed by atoms with Crippen molar-refractivity contribution in [2.45, 2.75) is 0 Å². The van der Waals surface area contributed by atoms with Gasteiger partial charge in [-0.25, -0.2) is 4.98 Å². The molecule has 1 aromatic carbocycles. The molecule has 1 aliphatic rings. The lowest BCUT2D eigenvalue weighted by molar-refractivity contribution is 0.571. The molecule has 0 radical (unpaired) electrons. The molecule has 1 saturated heterocycles. The summed E-state index contributed by atoms with van der Waals surface area (Å²) >= 11 is 0. The molecule has 6 heteroatoms. The van der Waals surface area contributed by atoms with E-state index in [1.54, 1.807) is 6.26 Å². The van der Waals surface area contributed by atoms with Gasteiger partial charge in [-0.1, -0.05) is 30.3 Å². The van der Waals surface area contributed by atoms with Crippen molar-refractivity contribution in [2.24, 2.45) is 0 Å². The van der Waals surface area contributed by atoms with Crippen LogP contribution in [0.15, 0.2) is 53.1 Å². The number of hydrogen-bond acceptors (Lipinski definition) is 6. The fourth-order valence-corrected chi connectivity index (χ4v) is 2.71. The second-order valence-electron chi connectivity index (χ2n) is 5.39. The van der Waals surface area contributed by atoms with Crippen LogP contribution in [0.5, 0.6) is 0 Å². The zero-order valence-electron chi connectivity index (χ0n) is 12.6. The minimum absolute atomic E-state index is 0.517. The quantitative estimate of drug-likeness (QED) is 0.800. The van der Waals surface area contributed by atoms with E-state index in [0.29, 0.717) is 11.6 Å². The Balaban J connectivity index is 1.81. The van der Waals surface area contributed by atoms with Crippen LogP contribution >= 0.6 is 0 Å². The first-order chi connectivity index (χ1) is 11.4. The van der Waals surface area contributed by atoms with E-state index < -0.39 is 0 Å². The van der Waals surface area contributed by atoms with Gasteiger partial charge < -0.3 is 14.6 Å². The summed E-state index contributed by atoms with van der Waals surface area (Å²) < 4.78 is 5.41. The monoisotopic (exact) mass is 307 g/mol. The minimum atomic E-state index is 0.517. The molecule has 3 heterocycles. The largest absolute Gasteiger partial charge is 0.461 e. The molecule has 0 atom stereocenters. The first kappa shape index (κ1) is 13.9. The van der Waals surface area contributed by atoms with Crippen LogP contribution in [-0.4, -0.2) is 41.4 Å². The first-order valence-corrected chi connectivity index (χ1v) is 7.71. The number of nitrogens with zero attached hydrogens (tertiary/aromatic N) is 4. The van der Waals surface area contributed by atoms with Gasteiger partial charge >= 0.3 is 0 Å². The molecule has 1 N–H and O–H groups in total. The van der Waals surface area contributed by atoms with Crippen molar-refractivity contribution in [3.63, 3.8) is 0 Å². The zero-order valence-corrected chi connectivity index (χ0v) is 12.6. The van der Waals surface area contributed by atoms with Gasteiger partial charge in [-0.2, -0.15) is 0 Å². The van der Waals surface area contributed by atoms with Crippen molar-refractivity contribution in [3.8, 4) is 22.8 Å². The van der Waals surface area contributed by atoms with Crippen molar-refractivity contribution in [3.05, 3.63) is 48.7 Å². The third-order valence-corrected chi connectivity index (χ3v) is 3.87. The van der Waals surface area contributed by atoms with Crippen LogP contribution in [0.3, 0.4) is 0 Å². The summed E-state index contributed by atoms with van der Waals surface area (Å²) in [5.41, 5.74) is 1.83. The van der Waals surface area contributed by atoms with Crippen LogP contribution in [0.4, 0.5) is 5.82 Å². The van der Waals surface area contributed by atoms with Crippen molar-refractivity contribution >= 4 is 5.82 Å². The van der Waals surface area contributed by atoms with Gasteiger partial charge in [0.05, 0.1) is 6.26 Å². The average Bonchev–Trinajstić information content (AvgIpc) is 3.17. The van der Waals surface area contributed by atoms with E-state index >= 15 is 0 Å². The SMILES string of the molecule is c1ccc(-c2nnc(-c3ccco3)nc2N2CCNCC2)cc1. The number of aromatic nitrogens is 3. The van der Waals surface area contributed by atoms with Gasteiger partial charge in [-0.05, 0) is 12.1 Å². The molecular formula is C17H17N5O. The fourth-order valence-electron chi connectivity index (χ4n) is 2.71. The Hall–Kier alpha value is -2.73. The third kappa shape index (κ3) is 2.80.